The molecule has 0 radical (unpaired) electrons. The molecule has 0 saturated heterocycles. The van der Waals surface area contributed by atoms with Crippen LogP contribution in [0.1, 0.15) is 60.7 Å². The van der Waals surface area contributed by atoms with Gasteiger partial charge in [0.05, 0.1) is 11.9 Å². The molecule has 6 heteroatoms. The van der Waals surface area contributed by atoms with E-state index in [1.165, 1.54) is 33.8 Å². The Labute approximate surface area is 184 Å². The zero-order chi connectivity index (χ0) is 21.9. The predicted molar refractivity (Wildman–Crippen MR) is 125 cm³/mol. The number of aromatic nitrogens is 4. The molecule has 0 atom stereocenters. The van der Waals surface area contributed by atoms with E-state index < -0.39 is 0 Å². The van der Waals surface area contributed by atoms with E-state index in [-0.39, 0.29) is 5.41 Å². The molecule has 0 spiro atoms. The van der Waals surface area contributed by atoms with Gasteiger partial charge < -0.3 is 4.90 Å². The second-order valence-corrected chi connectivity index (χ2v) is 9.91. The summed E-state index contributed by atoms with van der Waals surface area (Å²) in [6.45, 7) is 15.2. The Hall–Kier alpha value is -2.18. The minimum Gasteiger partial charge on any atom is -0.306 e. The summed E-state index contributed by atoms with van der Waals surface area (Å²) in [6.07, 6.45) is 5.50. The van der Waals surface area contributed by atoms with Crippen molar-refractivity contribution in [3.8, 4) is 11.5 Å². The molecule has 3 aromatic rings. The van der Waals surface area contributed by atoms with Crippen LogP contribution in [-0.4, -0.2) is 44.4 Å². The number of nitrogens with zero attached hydrogens (tertiary/aromatic N) is 5. The first-order valence-corrected chi connectivity index (χ1v) is 11.4. The molecule has 2 heterocycles. The van der Waals surface area contributed by atoms with E-state index in [1.807, 2.05) is 6.20 Å². The van der Waals surface area contributed by atoms with E-state index in [4.69, 9.17) is 4.98 Å². The molecule has 0 fully saturated rings. The first kappa shape index (κ1) is 22.5. The van der Waals surface area contributed by atoms with E-state index in [0.717, 1.165) is 42.3 Å². The topological polar surface area (TPSA) is 54.8 Å². The number of likely N-dealkylation sites (N-methyl/N-ethyl adjacent to an activating group) is 1. The van der Waals surface area contributed by atoms with Gasteiger partial charge in [-0.3, -0.25) is 4.98 Å². The van der Waals surface area contributed by atoms with E-state index >= 15 is 0 Å². The summed E-state index contributed by atoms with van der Waals surface area (Å²) in [5.41, 5.74) is 7.11. The number of hydrogen-bond acceptors (Lipinski definition) is 6. The van der Waals surface area contributed by atoms with Crippen molar-refractivity contribution in [1.29, 1.82) is 0 Å². The molecule has 0 unspecified atom stereocenters. The van der Waals surface area contributed by atoms with Crippen LogP contribution in [0.15, 0.2) is 24.5 Å². The Kier molecular flexibility index (Phi) is 6.98. The Bertz CT molecular complexity index is 986. The number of rotatable bonds is 7. The molecule has 3 rings (SSSR count). The normalized spacial score (nSPS) is 12.0. The highest BCUT2D eigenvalue weighted by molar-refractivity contribution is 7.05. The highest BCUT2D eigenvalue weighted by atomic mass is 32.1. The van der Waals surface area contributed by atoms with Crippen LogP contribution in [0, 0.1) is 13.8 Å². The average molecular weight is 424 g/mol. The maximum atomic E-state index is 4.73. The van der Waals surface area contributed by atoms with Gasteiger partial charge in [-0.15, -0.1) is 0 Å². The highest BCUT2D eigenvalue weighted by Crippen LogP contribution is 2.24. The lowest BCUT2D eigenvalue weighted by molar-refractivity contribution is 0.357. The standard InChI is InChI=1S/C24H33N5S/c1-8-29(7)10-9-18-11-17(3)19(12-16(18)2)13-22-27-23(28-30-22)20-14-26-21(15-25-20)24(4,5)6/h11-12,14-15H,8-10,13H2,1-7H3. The molecule has 30 heavy (non-hydrogen) atoms. The van der Waals surface area contributed by atoms with Crippen molar-refractivity contribution in [2.75, 3.05) is 20.1 Å². The highest BCUT2D eigenvalue weighted by Gasteiger charge is 2.17. The van der Waals surface area contributed by atoms with Crippen molar-refractivity contribution in [3.63, 3.8) is 0 Å². The van der Waals surface area contributed by atoms with Crippen LogP contribution in [0.5, 0.6) is 0 Å². The first-order chi connectivity index (χ1) is 14.2. The molecule has 0 saturated carbocycles. The predicted octanol–water partition coefficient (Wildman–Crippen LogP) is 4.99. The molecule has 0 bridgehead atoms. The third-order valence-electron chi connectivity index (χ3n) is 5.56. The summed E-state index contributed by atoms with van der Waals surface area (Å²) in [5, 5.41) is 1.01. The summed E-state index contributed by atoms with van der Waals surface area (Å²) >= 11 is 1.45. The van der Waals surface area contributed by atoms with Crippen molar-refractivity contribution in [3.05, 3.63) is 57.5 Å². The number of aryl methyl sites for hydroxylation is 2. The van der Waals surface area contributed by atoms with Gasteiger partial charge in [0.1, 0.15) is 10.7 Å². The number of benzene rings is 1. The largest absolute Gasteiger partial charge is 0.306 e. The van der Waals surface area contributed by atoms with Crippen LogP contribution in [0.2, 0.25) is 0 Å². The van der Waals surface area contributed by atoms with Gasteiger partial charge in [0.2, 0.25) is 0 Å². The lowest BCUT2D eigenvalue weighted by Gasteiger charge is -2.16. The van der Waals surface area contributed by atoms with Crippen molar-refractivity contribution in [2.24, 2.45) is 0 Å². The smallest absolute Gasteiger partial charge is 0.193 e. The maximum Gasteiger partial charge on any atom is 0.193 e. The minimum atomic E-state index is -0.0142. The monoisotopic (exact) mass is 423 g/mol. The molecular weight excluding hydrogens is 390 g/mol. The SMILES string of the molecule is CCN(C)CCc1cc(C)c(Cc2nc(-c3cnc(C(C)(C)C)cn3)ns2)cc1C. The van der Waals surface area contributed by atoms with Crippen molar-refractivity contribution < 1.29 is 0 Å². The van der Waals surface area contributed by atoms with Gasteiger partial charge in [-0.25, -0.2) is 9.97 Å². The summed E-state index contributed by atoms with van der Waals surface area (Å²) < 4.78 is 4.52. The van der Waals surface area contributed by atoms with Gasteiger partial charge in [-0.1, -0.05) is 39.8 Å². The summed E-state index contributed by atoms with van der Waals surface area (Å²) in [5.74, 6) is 0.663. The van der Waals surface area contributed by atoms with Crippen molar-refractivity contribution in [1.82, 2.24) is 24.2 Å². The fourth-order valence-corrected chi connectivity index (χ4v) is 3.96. The number of hydrogen-bond donors (Lipinski definition) is 0. The molecule has 160 valence electrons. The minimum absolute atomic E-state index is 0.0142. The van der Waals surface area contributed by atoms with Gasteiger partial charge in [-0.2, -0.15) is 4.37 Å². The zero-order valence-electron chi connectivity index (χ0n) is 19.3. The van der Waals surface area contributed by atoms with Crippen LogP contribution in [0.3, 0.4) is 0 Å². The first-order valence-electron chi connectivity index (χ1n) is 10.6. The van der Waals surface area contributed by atoms with Crippen LogP contribution < -0.4 is 0 Å². The second kappa shape index (κ2) is 9.31. The third-order valence-corrected chi connectivity index (χ3v) is 6.27. The van der Waals surface area contributed by atoms with Crippen LogP contribution in [-0.2, 0) is 18.3 Å². The fraction of sp³-hybridized carbons (Fsp3) is 0.500. The Morgan fingerprint density at radius 3 is 2.33 bits per heavy atom. The zero-order valence-corrected chi connectivity index (χ0v) is 20.1. The van der Waals surface area contributed by atoms with E-state index in [0.29, 0.717) is 5.82 Å². The average Bonchev–Trinajstić information content (AvgIpc) is 3.17. The molecule has 0 aliphatic rings. The van der Waals surface area contributed by atoms with Crippen molar-refractivity contribution >= 4 is 11.5 Å². The van der Waals surface area contributed by atoms with E-state index in [9.17, 15) is 0 Å². The summed E-state index contributed by atoms with van der Waals surface area (Å²) in [7, 11) is 2.17. The van der Waals surface area contributed by atoms with Crippen LogP contribution in [0.25, 0.3) is 11.5 Å². The van der Waals surface area contributed by atoms with Crippen LogP contribution >= 0.6 is 11.5 Å². The van der Waals surface area contributed by atoms with Gasteiger partial charge in [0, 0.05) is 24.6 Å². The Morgan fingerprint density at radius 1 is 1.00 bits per heavy atom. The summed E-state index contributed by atoms with van der Waals surface area (Å²) in [4.78, 5) is 16.2. The molecule has 2 aromatic heterocycles. The fourth-order valence-electron chi connectivity index (χ4n) is 3.29. The lowest BCUT2D eigenvalue weighted by atomic mass is 9.93. The Balaban J connectivity index is 1.73. The lowest BCUT2D eigenvalue weighted by Crippen LogP contribution is -2.20. The summed E-state index contributed by atoms with van der Waals surface area (Å²) in [6, 6.07) is 4.66. The molecule has 1 aromatic carbocycles. The molecule has 0 aliphatic heterocycles. The van der Waals surface area contributed by atoms with Gasteiger partial charge in [-0.05, 0) is 67.6 Å². The quantitative estimate of drug-likeness (QED) is 0.535. The Morgan fingerprint density at radius 2 is 1.70 bits per heavy atom. The molecule has 5 nitrogen and oxygen atoms in total. The van der Waals surface area contributed by atoms with Gasteiger partial charge in [0.15, 0.2) is 5.82 Å². The molecule has 0 amide bonds. The maximum absolute atomic E-state index is 4.73. The van der Waals surface area contributed by atoms with Gasteiger partial charge >= 0.3 is 0 Å². The van der Waals surface area contributed by atoms with E-state index in [1.54, 1.807) is 6.20 Å². The molecule has 0 aliphatic carbocycles. The third kappa shape index (κ3) is 5.49. The van der Waals surface area contributed by atoms with Gasteiger partial charge in [0.25, 0.3) is 0 Å². The van der Waals surface area contributed by atoms with Crippen molar-refractivity contribution in [2.45, 2.75) is 59.8 Å². The van der Waals surface area contributed by atoms with E-state index in [2.05, 4.69) is 80.0 Å². The molecular formula is C24H33N5S. The van der Waals surface area contributed by atoms with Crippen LogP contribution in [0.4, 0.5) is 0 Å². The molecule has 0 N–H and O–H groups in total. The second-order valence-electron chi connectivity index (χ2n) is 9.08.